The Morgan fingerprint density at radius 3 is 2.35 bits per heavy atom. The first-order chi connectivity index (χ1) is 12.7. The average molecular weight is 357 g/mol. The molecule has 0 aromatic heterocycles. The molecule has 26 heavy (non-hydrogen) atoms. The lowest BCUT2D eigenvalue weighted by Crippen LogP contribution is -2.26. The molecule has 6 heteroatoms. The van der Waals surface area contributed by atoms with E-state index in [4.69, 9.17) is 0 Å². The summed E-state index contributed by atoms with van der Waals surface area (Å²) in [5.41, 5.74) is 1.38. The van der Waals surface area contributed by atoms with Gasteiger partial charge in [0.1, 0.15) is 0 Å². The van der Waals surface area contributed by atoms with Crippen molar-refractivity contribution in [3.8, 4) is 0 Å². The quantitative estimate of drug-likeness (QED) is 0.255. The second-order valence-corrected chi connectivity index (χ2v) is 7.13. The SMILES string of the molecule is CB(O)CCCCCCN(CCCCCN[B]C=O)Cc1ccccc1. The molecule has 0 fully saturated rings. The van der Waals surface area contributed by atoms with Crippen LogP contribution in [0.25, 0.3) is 0 Å². The van der Waals surface area contributed by atoms with Crippen LogP contribution in [0.4, 0.5) is 0 Å². The first kappa shape index (κ1) is 22.9. The molecule has 0 aliphatic carbocycles. The number of benzene rings is 1. The highest BCUT2D eigenvalue weighted by atomic mass is 16.2. The summed E-state index contributed by atoms with van der Waals surface area (Å²) in [5, 5.41) is 12.3. The van der Waals surface area contributed by atoms with Crippen LogP contribution in [0.1, 0.15) is 50.5 Å². The third kappa shape index (κ3) is 13.1. The van der Waals surface area contributed by atoms with Gasteiger partial charge < -0.3 is 15.0 Å². The summed E-state index contributed by atoms with van der Waals surface area (Å²) in [7, 11) is 1.47. The van der Waals surface area contributed by atoms with E-state index in [9.17, 15) is 9.82 Å². The van der Waals surface area contributed by atoms with Gasteiger partial charge in [0.05, 0.1) is 6.19 Å². The Balaban J connectivity index is 2.24. The number of nitrogens with one attached hydrogen (secondary N) is 1. The lowest BCUT2D eigenvalue weighted by molar-refractivity contribution is 0.253. The minimum atomic E-state index is -0.164. The van der Waals surface area contributed by atoms with E-state index < -0.39 is 0 Å². The van der Waals surface area contributed by atoms with Crippen LogP contribution >= 0.6 is 0 Å². The summed E-state index contributed by atoms with van der Waals surface area (Å²) in [6.07, 6.45) is 9.99. The van der Waals surface area contributed by atoms with E-state index in [0.717, 1.165) is 51.5 Å². The van der Waals surface area contributed by atoms with Gasteiger partial charge in [-0.3, -0.25) is 4.90 Å². The Bertz CT molecular complexity index is 447. The monoisotopic (exact) mass is 357 g/mol. The van der Waals surface area contributed by atoms with Gasteiger partial charge in [-0.1, -0.05) is 62.8 Å². The van der Waals surface area contributed by atoms with Crippen LogP contribution in [-0.2, 0) is 11.3 Å². The maximum absolute atomic E-state index is 10.2. The number of hydrogen-bond acceptors (Lipinski definition) is 4. The Kier molecular flexibility index (Phi) is 14.2. The van der Waals surface area contributed by atoms with Crippen molar-refractivity contribution in [3.63, 3.8) is 0 Å². The van der Waals surface area contributed by atoms with Crippen molar-refractivity contribution in [3.05, 3.63) is 35.9 Å². The highest BCUT2D eigenvalue weighted by molar-refractivity contribution is 6.64. The lowest BCUT2D eigenvalue weighted by atomic mass is 9.67. The molecule has 0 saturated heterocycles. The number of hydrogen-bond donors (Lipinski definition) is 2. The molecule has 0 heterocycles. The van der Waals surface area contributed by atoms with E-state index in [0.29, 0.717) is 0 Å². The number of unbranched alkanes of at least 4 members (excludes halogenated alkanes) is 5. The van der Waals surface area contributed by atoms with Gasteiger partial charge >= 0.3 is 0 Å². The van der Waals surface area contributed by atoms with Crippen LogP contribution in [0.15, 0.2) is 30.3 Å². The number of carbonyl (C=O) groups excluding carboxylic acids is 1. The molecule has 0 atom stereocenters. The minimum absolute atomic E-state index is 0.164. The van der Waals surface area contributed by atoms with Crippen LogP contribution in [-0.4, -0.2) is 50.1 Å². The number of rotatable bonds is 17. The molecule has 0 aliphatic rings. The van der Waals surface area contributed by atoms with Gasteiger partial charge in [0.15, 0.2) is 0 Å². The minimum Gasteiger partial charge on any atom is -0.451 e. The fourth-order valence-corrected chi connectivity index (χ4v) is 3.11. The fourth-order valence-electron chi connectivity index (χ4n) is 3.11. The molecule has 1 radical (unpaired) electrons. The average Bonchev–Trinajstić information content (AvgIpc) is 2.64. The van der Waals surface area contributed by atoms with Crippen molar-refractivity contribution < 1.29 is 9.82 Å². The van der Waals surface area contributed by atoms with Gasteiger partial charge in [0, 0.05) is 6.54 Å². The van der Waals surface area contributed by atoms with E-state index in [1.807, 2.05) is 6.82 Å². The van der Waals surface area contributed by atoms with Crippen LogP contribution < -0.4 is 5.23 Å². The highest BCUT2D eigenvalue weighted by Gasteiger charge is 2.06. The van der Waals surface area contributed by atoms with Crippen molar-refractivity contribution in [2.45, 2.75) is 64.6 Å². The Hall–Kier alpha value is -1.10. The second kappa shape index (κ2) is 16.1. The fraction of sp³-hybridized carbons (Fsp3) is 0.650. The van der Waals surface area contributed by atoms with Crippen LogP contribution in [0, 0.1) is 0 Å². The van der Waals surface area contributed by atoms with Crippen molar-refractivity contribution in [2.24, 2.45) is 0 Å². The van der Waals surface area contributed by atoms with Crippen LogP contribution in [0.3, 0.4) is 0 Å². The molecule has 4 nitrogen and oxygen atoms in total. The molecule has 143 valence electrons. The summed E-state index contributed by atoms with van der Waals surface area (Å²) in [5.74, 6) is 0. The van der Waals surface area contributed by atoms with E-state index >= 15 is 0 Å². The zero-order valence-electron chi connectivity index (χ0n) is 16.4. The maximum Gasteiger partial charge on any atom is 0.290 e. The molecule has 0 aliphatic heterocycles. The third-order valence-electron chi connectivity index (χ3n) is 4.58. The summed E-state index contributed by atoms with van der Waals surface area (Å²) < 4.78 is 0. The molecule has 0 unspecified atom stereocenters. The first-order valence-corrected chi connectivity index (χ1v) is 10.2. The summed E-state index contributed by atoms with van der Waals surface area (Å²) in [6.45, 7) is 5.87. The van der Waals surface area contributed by atoms with Gasteiger partial charge in [-0.15, -0.1) is 0 Å². The molecule has 1 rings (SSSR count). The summed E-state index contributed by atoms with van der Waals surface area (Å²) in [4.78, 5) is 12.8. The Morgan fingerprint density at radius 2 is 1.69 bits per heavy atom. The van der Waals surface area contributed by atoms with Gasteiger partial charge in [0.25, 0.3) is 14.3 Å². The maximum atomic E-state index is 10.2. The van der Waals surface area contributed by atoms with Gasteiger partial charge in [-0.2, -0.15) is 0 Å². The number of carbonyl (C=O) groups is 1. The second-order valence-electron chi connectivity index (χ2n) is 7.13. The molecule has 0 amide bonds. The van der Waals surface area contributed by atoms with Gasteiger partial charge in [0.2, 0.25) is 0 Å². The smallest absolute Gasteiger partial charge is 0.290 e. The summed E-state index contributed by atoms with van der Waals surface area (Å²) in [6, 6.07) is 10.7. The first-order valence-electron chi connectivity index (χ1n) is 10.2. The molecule has 2 N–H and O–H groups in total. The van der Waals surface area contributed by atoms with E-state index in [2.05, 4.69) is 40.5 Å². The highest BCUT2D eigenvalue weighted by Crippen LogP contribution is 2.10. The molecular weight excluding hydrogens is 322 g/mol. The Labute approximate surface area is 161 Å². The molecule has 0 saturated carbocycles. The standard InChI is InChI=1S/C20H35B2N2O2/c1-22(26)14-8-2-3-10-16-24(18-20-12-6-4-7-13-20)17-11-5-9-15-23-21-19-25/h4,6-7,12-13,19,23,26H,2-3,5,8-11,14-18H2,1H3. The topological polar surface area (TPSA) is 52.6 Å². The van der Waals surface area contributed by atoms with Crippen LogP contribution in [0.5, 0.6) is 0 Å². The van der Waals surface area contributed by atoms with Crippen molar-refractivity contribution in [1.82, 2.24) is 10.1 Å². The predicted molar refractivity (Wildman–Crippen MR) is 113 cm³/mol. The Morgan fingerprint density at radius 1 is 1.04 bits per heavy atom. The van der Waals surface area contributed by atoms with Gasteiger partial charge in [-0.05, 0) is 50.8 Å². The zero-order valence-corrected chi connectivity index (χ0v) is 16.4. The summed E-state index contributed by atoms with van der Waals surface area (Å²) >= 11 is 0. The zero-order chi connectivity index (χ0) is 18.9. The van der Waals surface area contributed by atoms with Gasteiger partial charge in [-0.25, -0.2) is 0 Å². The predicted octanol–water partition coefficient (Wildman–Crippen LogP) is 3.23. The van der Waals surface area contributed by atoms with E-state index in [1.165, 1.54) is 45.1 Å². The number of nitrogens with zero attached hydrogens (tertiary/aromatic N) is 1. The molecule has 0 bridgehead atoms. The van der Waals surface area contributed by atoms with Crippen molar-refractivity contribution in [2.75, 3.05) is 19.6 Å². The molecule has 1 aromatic rings. The van der Waals surface area contributed by atoms with Crippen molar-refractivity contribution in [1.29, 1.82) is 0 Å². The lowest BCUT2D eigenvalue weighted by Gasteiger charge is -2.22. The van der Waals surface area contributed by atoms with E-state index in [1.54, 1.807) is 0 Å². The largest absolute Gasteiger partial charge is 0.451 e. The van der Waals surface area contributed by atoms with E-state index in [-0.39, 0.29) is 6.92 Å². The molecule has 1 aromatic carbocycles. The van der Waals surface area contributed by atoms with Crippen molar-refractivity contribution >= 4 is 20.5 Å². The molecule has 0 spiro atoms. The third-order valence-corrected chi connectivity index (χ3v) is 4.58. The molecular formula is C20H35B2N2O2. The van der Waals surface area contributed by atoms with Crippen LogP contribution in [0.2, 0.25) is 13.1 Å². The normalized spacial score (nSPS) is 10.9.